The number of amides is 1. The van der Waals surface area contributed by atoms with Gasteiger partial charge < -0.3 is 16.1 Å². The summed E-state index contributed by atoms with van der Waals surface area (Å²) in [6, 6.07) is 7.51. The lowest BCUT2D eigenvalue weighted by Gasteiger charge is -2.30. The summed E-state index contributed by atoms with van der Waals surface area (Å²) < 4.78 is 2.03. The monoisotopic (exact) mass is 502 g/mol. The van der Waals surface area contributed by atoms with Crippen molar-refractivity contribution in [3.8, 4) is 11.1 Å². The third-order valence-corrected chi connectivity index (χ3v) is 6.79. The van der Waals surface area contributed by atoms with Crippen molar-refractivity contribution in [1.29, 1.82) is 0 Å². The summed E-state index contributed by atoms with van der Waals surface area (Å²) in [5.74, 6) is 12.0. The Bertz CT molecular complexity index is 1290. The highest BCUT2D eigenvalue weighted by molar-refractivity contribution is 6.04. The van der Waals surface area contributed by atoms with Crippen molar-refractivity contribution in [1.82, 2.24) is 24.8 Å². The van der Waals surface area contributed by atoms with Gasteiger partial charge in [0.15, 0.2) is 5.84 Å². The molecule has 4 heterocycles. The maximum absolute atomic E-state index is 13.3. The van der Waals surface area contributed by atoms with Crippen molar-refractivity contribution >= 4 is 23.2 Å². The normalized spacial score (nSPS) is 16.2. The predicted octanol–water partition coefficient (Wildman–Crippen LogP) is 3.12. The minimum absolute atomic E-state index is 0.0346. The number of carbonyl (C=O) groups excluding carboxylic acids is 1. The molecule has 1 aliphatic carbocycles. The third kappa shape index (κ3) is 5.41. The smallest absolute Gasteiger partial charge is 0.275 e. The molecule has 0 unspecified atom stereocenters. The molecule has 0 bridgehead atoms. The molecule has 1 saturated carbocycles. The zero-order chi connectivity index (χ0) is 25.9. The number of nitrogens with zero attached hydrogens (tertiary/aromatic N) is 7. The van der Waals surface area contributed by atoms with Gasteiger partial charge >= 0.3 is 0 Å². The molecule has 2 fully saturated rings. The lowest BCUT2D eigenvalue weighted by molar-refractivity contribution is 0.102. The molecule has 0 atom stereocenters. The number of rotatable bonds is 7. The summed E-state index contributed by atoms with van der Waals surface area (Å²) in [5.41, 5.74) is 3.75. The number of hydrogen-bond donors (Lipinski definition) is 3. The van der Waals surface area contributed by atoms with Crippen LogP contribution in [0, 0.1) is 0 Å². The second-order valence-corrected chi connectivity index (χ2v) is 9.89. The first-order valence-electron chi connectivity index (χ1n) is 12.8. The van der Waals surface area contributed by atoms with Gasteiger partial charge in [0.2, 0.25) is 0 Å². The Balaban J connectivity index is 1.42. The summed E-state index contributed by atoms with van der Waals surface area (Å²) in [5, 5.41) is 12.7. The number of nitrogens with one attached hydrogen (secondary N) is 1. The molecule has 3 aromatic heterocycles. The topological polar surface area (TPSA) is 144 Å². The molecule has 5 rings (SSSR count). The highest BCUT2D eigenvalue weighted by atomic mass is 16.1. The first-order chi connectivity index (χ1) is 17.9. The number of hydrazone groups is 1. The highest BCUT2D eigenvalue weighted by Gasteiger charge is 2.26. The van der Waals surface area contributed by atoms with Crippen LogP contribution >= 0.6 is 0 Å². The molecule has 1 amide bonds. The van der Waals surface area contributed by atoms with E-state index in [0.29, 0.717) is 29.1 Å². The van der Waals surface area contributed by atoms with Crippen LogP contribution in [0.15, 0.2) is 48.0 Å². The van der Waals surface area contributed by atoms with Gasteiger partial charge in [0.25, 0.3) is 5.91 Å². The van der Waals surface area contributed by atoms with Crippen molar-refractivity contribution in [3.05, 3.63) is 54.2 Å². The van der Waals surface area contributed by atoms with Crippen molar-refractivity contribution in [2.45, 2.75) is 58.0 Å². The van der Waals surface area contributed by atoms with Crippen LogP contribution < -0.4 is 21.9 Å². The van der Waals surface area contributed by atoms with Crippen LogP contribution in [0.3, 0.4) is 0 Å². The molecule has 1 saturated heterocycles. The lowest BCUT2D eigenvalue weighted by atomic mass is 10.0. The van der Waals surface area contributed by atoms with E-state index in [2.05, 4.69) is 36.6 Å². The summed E-state index contributed by atoms with van der Waals surface area (Å²) >= 11 is 0. The molecule has 3 aromatic rings. The largest absolute Gasteiger partial charge is 0.370 e. The molecule has 194 valence electrons. The Morgan fingerprint density at radius 3 is 2.65 bits per heavy atom. The van der Waals surface area contributed by atoms with Gasteiger partial charge in [-0.2, -0.15) is 10.2 Å². The fourth-order valence-corrected chi connectivity index (χ4v) is 4.53. The second kappa shape index (κ2) is 10.6. The zero-order valence-electron chi connectivity index (χ0n) is 21.3. The fraction of sp³-hybridized carbons (Fsp3) is 0.423. The third-order valence-electron chi connectivity index (χ3n) is 6.79. The van der Waals surface area contributed by atoms with Crippen molar-refractivity contribution < 1.29 is 4.79 Å². The molecule has 37 heavy (non-hydrogen) atoms. The molecular formula is C26H34N10O. The number of nitrogens with two attached hydrogens (primary N) is 2. The van der Waals surface area contributed by atoms with E-state index in [0.717, 1.165) is 55.6 Å². The van der Waals surface area contributed by atoms with Crippen LogP contribution in [0.25, 0.3) is 11.1 Å². The SMILES string of the molecule is CC(C)N(N)/C(=N\N)c1cccc(NC(=O)c2cc(-c3cnn(C4CC4)c3)c(N3CCCCC3)cn2)n1. The van der Waals surface area contributed by atoms with Crippen LogP contribution in [-0.4, -0.2) is 55.6 Å². The van der Waals surface area contributed by atoms with Crippen LogP contribution in [0.4, 0.5) is 11.5 Å². The number of aromatic nitrogens is 4. The van der Waals surface area contributed by atoms with Gasteiger partial charge in [-0.25, -0.2) is 15.8 Å². The minimum atomic E-state index is -0.356. The van der Waals surface area contributed by atoms with E-state index >= 15 is 0 Å². The van der Waals surface area contributed by atoms with Gasteiger partial charge in [0.1, 0.15) is 17.2 Å². The standard InChI is InChI=1S/C26H34N10O/c1-17(2)36(28)25(33-27)21-7-6-8-24(31-21)32-26(37)22-13-20(18-14-30-35(16-18)19-9-10-19)23(15-29-22)34-11-4-3-5-12-34/h6-8,13-17,19H,3-5,9-12,27-28H2,1-2H3,(H,31,32,37)/b33-25-. The highest BCUT2D eigenvalue weighted by Crippen LogP contribution is 2.37. The number of hydrazine groups is 1. The Morgan fingerprint density at radius 2 is 1.95 bits per heavy atom. The van der Waals surface area contributed by atoms with Crippen molar-refractivity contribution in [2.24, 2.45) is 16.8 Å². The van der Waals surface area contributed by atoms with Gasteiger partial charge in [0, 0.05) is 36.5 Å². The second-order valence-electron chi connectivity index (χ2n) is 9.89. The van der Waals surface area contributed by atoms with Crippen LogP contribution in [0.1, 0.15) is 68.2 Å². The summed E-state index contributed by atoms with van der Waals surface area (Å²) in [6.45, 7) is 5.80. The van der Waals surface area contributed by atoms with E-state index in [-0.39, 0.29) is 11.9 Å². The first kappa shape index (κ1) is 24.7. The summed E-state index contributed by atoms with van der Waals surface area (Å²) in [6.07, 6.45) is 11.6. The number of piperidine rings is 1. The number of anilines is 2. The molecule has 5 N–H and O–H groups in total. The molecule has 0 spiro atoms. The molecule has 2 aliphatic rings. The van der Waals surface area contributed by atoms with Crippen molar-refractivity contribution in [2.75, 3.05) is 23.3 Å². The maximum atomic E-state index is 13.3. The number of hydrogen-bond acceptors (Lipinski definition) is 8. The van der Waals surface area contributed by atoms with Gasteiger partial charge in [0.05, 0.1) is 24.1 Å². The van der Waals surface area contributed by atoms with Gasteiger partial charge in [-0.05, 0) is 64.2 Å². The van der Waals surface area contributed by atoms with Gasteiger partial charge in [-0.15, -0.1) is 0 Å². The Morgan fingerprint density at radius 1 is 1.16 bits per heavy atom. The van der Waals surface area contributed by atoms with E-state index in [1.165, 1.54) is 11.4 Å². The first-order valence-corrected chi connectivity index (χ1v) is 12.8. The quantitative estimate of drug-likeness (QED) is 0.193. The van der Waals surface area contributed by atoms with E-state index in [1.807, 2.05) is 37.0 Å². The van der Waals surface area contributed by atoms with Gasteiger partial charge in [-0.1, -0.05) is 6.07 Å². The number of carbonyl (C=O) groups is 1. The van der Waals surface area contributed by atoms with E-state index in [4.69, 9.17) is 11.7 Å². The number of amidine groups is 1. The fourth-order valence-electron chi connectivity index (χ4n) is 4.53. The Hall–Kier alpha value is -3.99. The number of pyridine rings is 2. The summed E-state index contributed by atoms with van der Waals surface area (Å²) in [7, 11) is 0. The van der Waals surface area contributed by atoms with E-state index < -0.39 is 0 Å². The van der Waals surface area contributed by atoms with E-state index in [9.17, 15) is 4.79 Å². The van der Waals surface area contributed by atoms with Crippen LogP contribution in [0.5, 0.6) is 0 Å². The molecule has 11 nitrogen and oxygen atoms in total. The molecule has 1 aliphatic heterocycles. The van der Waals surface area contributed by atoms with Crippen LogP contribution in [0.2, 0.25) is 0 Å². The Labute approximate surface area is 216 Å². The molecule has 0 aromatic carbocycles. The Kier molecular flexibility index (Phi) is 7.04. The zero-order valence-corrected chi connectivity index (χ0v) is 21.3. The summed E-state index contributed by atoms with van der Waals surface area (Å²) in [4.78, 5) is 24.7. The average Bonchev–Trinajstić information content (AvgIpc) is 3.65. The molecule has 11 heteroatoms. The lowest BCUT2D eigenvalue weighted by Crippen LogP contribution is -2.44. The maximum Gasteiger partial charge on any atom is 0.275 e. The van der Waals surface area contributed by atoms with Gasteiger partial charge in [-0.3, -0.25) is 14.5 Å². The van der Waals surface area contributed by atoms with Crippen LogP contribution in [-0.2, 0) is 0 Å². The predicted molar refractivity (Wildman–Crippen MR) is 144 cm³/mol. The molecular weight excluding hydrogens is 468 g/mol. The minimum Gasteiger partial charge on any atom is -0.370 e. The van der Waals surface area contributed by atoms with E-state index in [1.54, 1.807) is 18.2 Å². The van der Waals surface area contributed by atoms with Crippen molar-refractivity contribution in [3.63, 3.8) is 0 Å². The molecule has 0 radical (unpaired) electrons. The average molecular weight is 503 g/mol.